The highest BCUT2D eigenvalue weighted by atomic mass is 32.1. The van der Waals surface area contributed by atoms with Gasteiger partial charge in [-0.15, -0.1) is 0 Å². The molecule has 0 unspecified atom stereocenters. The van der Waals surface area contributed by atoms with Crippen LogP contribution in [-0.4, -0.2) is 45.6 Å². The van der Waals surface area contributed by atoms with Gasteiger partial charge in [-0.05, 0) is 52.6 Å². The minimum atomic E-state index is -0.0154. The summed E-state index contributed by atoms with van der Waals surface area (Å²) in [4.78, 5) is 19.0. The van der Waals surface area contributed by atoms with E-state index < -0.39 is 0 Å². The lowest BCUT2D eigenvalue weighted by atomic mass is 10.1. The van der Waals surface area contributed by atoms with E-state index in [1.165, 1.54) is 11.5 Å². The Morgan fingerprint density at radius 1 is 1.35 bits per heavy atom. The molecule has 1 aromatic heterocycles. The lowest BCUT2D eigenvalue weighted by molar-refractivity contribution is 0.0554. The van der Waals surface area contributed by atoms with E-state index in [4.69, 9.17) is 0 Å². The van der Waals surface area contributed by atoms with Crippen molar-refractivity contribution in [1.82, 2.24) is 14.2 Å². The van der Waals surface area contributed by atoms with Gasteiger partial charge >= 0.3 is 6.03 Å². The summed E-state index contributed by atoms with van der Waals surface area (Å²) >= 11 is 1.42. The molecule has 0 aliphatic carbocycles. The number of amides is 2. The van der Waals surface area contributed by atoms with Crippen LogP contribution >= 0.6 is 11.5 Å². The van der Waals surface area contributed by atoms with Crippen molar-refractivity contribution in [2.24, 2.45) is 0 Å². The van der Waals surface area contributed by atoms with Crippen molar-refractivity contribution in [2.45, 2.75) is 53.5 Å². The summed E-state index contributed by atoms with van der Waals surface area (Å²) in [5.41, 5.74) is 3.18. The lowest BCUT2D eigenvalue weighted by Crippen LogP contribution is -2.62. The zero-order chi connectivity index (χ0) is 17.4. The van der Waals surface area contributed by atoms with E-state index in [9.17, 15) is 4.79 Å². The molecule has 0 aromatic carbocycles. The van der Waals surface area contributed by atoms with Gasteiger partial charge in [-0.1, -0.05) is 19.1 Å². The van der Waals surface area contributed by atoms with E-state index >= 15 is 0 Å². The molecular weight excluding hydrogens is 308 g/mol. The molecule has 1 aliphatic heterocycles. The maximum absolute atomic E-state index is 12.9. The standard InChI is InChI=1S/C17H28N4OS/c1-8-14-13(4)15(23-18-14)21-11-20(17(5,6)7)10-19(16(21)22)9-12(2)3/h2,8-11H2,1,3-7H3. The van der Waals surface area contributed by atoms with Crippen LogP contribution in [0.1, 0.15) is 45.9 Å². The third-order valence-electron chi connectivity index (χ3n) is 4.14. The third kappa shape index (κ3) is 3.75. The summed E-state index contributed by atoms with van der Waals surface area (Å²) in [6.45, 7) is 18.4. The lowest BCUT2D eigenvalue weighted by Gasteiger charge is -2.47. The largest absolute Gasteiger partial charge is 0.327 e. The molecule has 2 amide bonds. The second-order valence-corrected chi connectivity index (χ2v) is 8.02. The second-order valence-electron chi connectivity index (χ2n) is 7.27. The first-order chi connectivity index (χ1) is 10.6. The van der Waals surface area contributed by atoms with Gasteiger partial charge < -0.3 is 4.90 Å². The quantitative estimate of drug-likeness (QED) is 0.784. The van der Waals surface area contributed by atoms with Crippen molar-refractivity contribution in [2.75, 3.05) is 24.8 Å². The number of urea groups is 1. The molecule has 128 valence electrons. The number of aryl methyl sites for hydroxylation is 1. The summed E-state index contributed by atoms with van der Waals surface area (Å²) in [5, 5.41) is 0.965. The molecule has 0 N–H and O–H groups in total. The van der Waals surface area contributed by atoms with Gasteiger partial charge in [0.25, 0.3) is 0 Å². The Hall–Kier alpha value is -1.40. The number of carbonyl (C=O) groups excluding carboxylic acids is 1. The molecular formula is C17H28N4OS. The van der Waals surface area contributed by atoms with Crippen molar-refractivity contribution < 1.29 is 4.79 Å². The molecule has 1 aliphatic rings. The molecule has 5 nitrogen and oxygen atoms in total. The average molecular weight is 337 g/mol. The van der Waals surface area contributed by atoms with Crippen LogP contribution in [0.15, 0.2) is 12.2 Å². The van der Waals surface area contributed by atoms with Crippen molar-refractivity contribution in [3.8, 4) is 0 Å². The van der Waals surface area contributed by atoms with Crippen LogP contribution in [0.4, 0.5) is 9.80 Å². The average Bonchev–Trinajstić information content (AvgIpc) is 2.80. The van der Waals surface area contributed by atoms with Gasteiger partial charge in [0.05, 0.1) is 19.0 Å². The number of anilines is 1. The van der Waals surface area contributed by atoms with Crippen LogP contribution in [0.2, 0.25) is 0 Å². The Morgan fingerprint density at radius 3 is 2.48 bits per heavy atom. The molecule has 0 spiro atoms. The van der Waals surface area contributed by atoms with E-state index in [0.29, 0.717) is 19.9 Å². The van der Waals surface area contributed by atoms with Crippen LogP contribution < -0.4 is 4.90 Å². The zero-order valence-electron chi connectivity index (χ0n) is 15.1. The molecule has 23 heavy (non-hydrogen) atoms. The van der Waals surface area contributed by atoms with Crippen molar-refractivity contribution in [1.29, 1.82) is 0 Å². The first-order valence-corrected chi connectivity index (χ1v) is 8.83. The summed E-state index contributed by atoms with van der Waals surface area (Å²) in [6.07, 6.45) is 0.892. The van der Waals surface area contributed by atoms with Crippen molar-refractivity contribution >= 4 is 22.6 Å². The smallest absolute Gasteiger partial charge is 0.307 e. The first-order valence-electron chi connectivity index (χ1n) is 8.06. The second kappa shape index (κ2) is 6.61. The van der Waals surface area contributed by atoms with E-state index in [0.717, 1.165) is 28.3 Å². The predicted molar refractivity (Wildman–Crippen MR) is 97.0 cm³/mol. The highest BCUT2D eigenvalue weighted by molar-refractivity contribution is 7.10. The molecule has 0 bridgehead atoms. The molecule has 1 fully saturated rings. The minimum absolute atomic E-state index is 0.0154. The van der Waals surface area contributed by atoms with E-state index in [1.54, 1.807) is 0 Å². The highest BCUT2D eigenvalue weighted by Crippen LogP contribution is 2.32. The highest BCUT2D eigenvalue weighted by Gasteiger charge is 2.37. The van der Waals surface area contributed by atoms with Crippen LogP contribution in [0.3, 0.4) is 0 Å². The fraction of sp³-hybridized carbons (Fsp3) is 0.647. The third-order valence-corrected chi connectivity index (χ3v) is 5.15. The SMILES string of the molecule is C=C(C)CN1CN(C(C)(C)C)CN(c2snc(CC)c2C)C1=O. The first kappa shape index (κ1) is 17.9. The summed E-state index contributed by atoms with van der Waals surface area (Å²) in [5.74, 6) is 0. The maximum Gasteiger partial charge on any atom is 0.327 e. The topological polar surface area (TPSA) is 39.7 Å². The molecule has 6 heteroatoms. The molecule has 0 saturated carbocycles. The Morgan fingerprint density at radius 2 is 2.00 bits per heavy atom. The maximum atomic E-state index is 12.9. The monoisotopic (exact) mass is 336 g/mol. The van der Waals surface area contributed by atoms with Gasteiger partial charge in [-0.3, -0.25) is 9.80 Å². The number of aromatic nitrogens is 1. The predicted octanol–water partition coefficient (Wildman–Crippen LogP) is 3.85. The van der Waals surface area contributed by atoms with Crippen molar-refractivity contribution in [3.05, 3.63) is 23.4 Å². The summed E-state index contributed by atoms with van der Waals surface area (Å²) in [7, 11) is 0. The van der Waals surface area contributed by atoms with E-state index in [2.05, 4.69) is 50.5 Å². The van der Waals surface area contributed by atoms with Gasteiger partial charge in [-0.2, -0.15) is 4.37 Å². The van der Waals surface area contributed by atoms with Gasteiger partial charge in [0.15, 0.2) is 0 Å². The number of nitrogens with zero attached hydrogens (tertiary/aromatic N) is 4. The van der Waals surface area contributed by atoms with Crippen LogP contribution in [0.25, 0.3) is 0 Å². The zero-order valence-corrected chi connectivity index (χ0v) is 16.0. The van der Waals surface area contributed by atoms with Crippen LogP contribution in [-0.2, 0) is 6.42 Å². The Bertz CT molecular complexity index is 602. The van der Waals surface area contributed by atoms with Crippen LogP contribution in [0, 0.1) is 6.92 Å². The van der Waals surface area contributed by atoms with Gasteiger partial charge in [0, 0.05) is 17.6 Å². The van der Waals surface area contributed by atoms with Gasteiger partial charge in [0.2, 0.25) is 0 Å². The fourth-order valence-electron chi connectivity index (χ4n) is 2.67. The van der Waals surface area contributed by atoms with E-state index in [1.807, 2.05) is 16.7 Å². The Labute approximate surface area is 143 Å². The van der Waals surface area contributed by atoms with Crippen LogP contribution in [0.5, 0.6) is 0 Å². The molecule has 1 aromatic rings. The van der Waals surface area contributed by atoms with Gasteiger partial charge in [-0.25, -0.2) is 4.79 Å². The molecule has 2 heterocycles. The normalized spacial score (nSPS) is 17.0. The number of carbonyl (C=O) groups is 1. The molecule has 1 saturated heterocycles. The van der Waals surface area contributed by atoms with Gasteiger partial charge in [0.1, 0.15) is 5.00 Å². The molecule has 2 rings (SSSR count). The molecule has 0 atom stereocenters. The number of hydrogen-bond donors (Lipinski definition) is 0. The Balaban J connectivity index is 2.37. The Kier molecular flexibility index (Phi) is 5.16. The summed E-state index contributed by atoms with van der Waals surface area (Å²) < 4.78 is 4.51. The number of hydrogen-bond acceptors (Lipinski definition) is 4. The van der Waals surface area contributed by atoms with Crippen molar-refractivity contribution in [3.63, 3.8) is 0 Å². The number of rotatable bonds is 4. The summed E-state index contributed by atoms with van der Waals surface area (Å²) in [6, 6.07) is 0.0444. The fourth-order valence-corrected chi connectivity index (χ4v) is 3.62. The van der Waals surface area contributed by atoms with E-state index in [-0.39, 0.29) is 11.6 Å². The minimum Gasteiger partial charge on any atom is -0.307 e. The molecule has 0 radical (unpaired) electrons.